The molecule has 0 aromatic carbocycles. The van der Waals surface area contributed by atoms with Gasteiger partial charge in [-0.25, -0.2) is 0 Å². The van der Waals surface area contributed by atoms with Crippen molar-refractivity contribution in [1.29, 1.82) is 5.41 Å². The minimum atomic E-state index is -1.55. The van der Waals surface area contributed by atoms with Crippen LogP contribution in [0.25, 0.3) is 0 Å². The molecule has 0 aliphatic carbocycles. The first-order chi connectivity index (χ1) is 28.9. The highest BCUT2D eigenvalue weighted by Gasteiger charge is 2.51. The van der Waals surface area contributed by atoms with Crippen LogP contribution in [0.3, 0.4) is 0 Å². The number of nitrogens with zero attached hydrogens (tertiary/aromatic N) is 1. The van der Waals surface area contributed by atoms with Crippen molar-refractivity contribution < 1.29 is 38.7 Å². The van der Waals surface area contributed by atoms with Crippen LogP contribution in [-0.4, -0.2) is 107 Å². The lowest BCUT2D eigenvalue weighted by Gasteiger charge is -2.42. The second kappa shape index (κ2) is 28.3. The van der Waals surface area contributed by atoms with Crippen molar-refractivity contribution in [2.75, 3.05) is 19.6 Å². The molecule has 0 aromatic rings. The molecule has 0 unspecified atom stereocenters. The molecule has 0 aromatic heterocycles. The highest BCUT2D eigenvalue weighted by atomic mass is 16.4. The number of carbonyl (C=O) groups excluding carboxylic acids is 6. The van der Waals surface area contributed by atoms with Gasteiger partial charge in [0.15, 0.2) is 0 Å². The Kier molecular flexibility index (Phi) is 23.7. The maximum Gasteiger partial charge on any atom is 0.305 e. The fraction of sp³-hybridized carbons (Fsp3) is 0.818. The van der Waals surface area contributed by atoms with E-state index >= 15 is 0 Å². The molecule has 3 saturated heterocycles. The Balaban J connectivity index is 1.50. The topological polar surface area (TPSA) is 239 Å². The van der Waals surface area contributed by atoms with E-state index in [1.807, 2.05) is 0 Å². The maximum absolute atomic E-state index is 14.2. The van der Waals surface area contributed by atoms with Crippen LogP contribution in [0.2, 0.25) is 0 Å². The average molecular weight is 845 g/mol. The average Bonchev–Trinajstić information content (AvgIpc) is 3.64. The molecule has 60 heavy (non-hydrogen) atoms. The lowest BCUT2D eigenvalue weighted by Crippen LogP contribution is -2.65. The lowest BCUT2D eigenvalue weighted by atomic mass is 9.85. The quantitative estimate of drug-likeness (QED) is 0.0333. The summed E-state index contributed by atoms with van der Waals surface area (Å²) in [5.74, 6) is -5.28. The zero-order valence-electron chi connectivity index (χ0n) is 36.5. The fourth-order valence-corrected chi connectivity index (χ4v) is 8.75. The molecule has 16 nitrogen and oxygen atoms in total. The number of hydrogen-bond donors (Lipinski definition) is 8. The number of amidine groups is 1. The first-order valence-corrected chi connectivity index (χ1v) is 23.2. The number of aliphatic carboxylic acids is 1. The molecular weight excluding hydrogens is 769 g/mol. The van der Waals surface area contributed by atoms with Crippen LogP contribution in [0, 0.1) is 11.3 Å². The molecule has 0 radical (unpaired) electrons. The van der Waals surface area contributed by atoms with E-state index in [4.69, 9.17) is 5.41 Å². The minimum absolute atomic E-state index is 0.0927. The van der Waals surface area contributed by atoms with Gasteiger partial charge in [-0.3, -0.25) is 39.0 Å². The van der Waals surface area contributed by atoms with E-state index in [2.05, 4.69) is 38.8 Å². The molecule has 3 heterocycles. The Morgan fingerprint density at radius 2 is 1.30 bits per heavy atom. The summed E-state index contributed by atoms with van der Waals surface area (Å²) < 4.78 is 0. The van der Waals surface area contributed by atoms with Crippen LogP contribution in [-0.2, 0) is 33.6 Å². The summed E-state index contributed by atoms with van der Waals surface area (Å²) >= 11 is 0. The van der Waals surface area contributed by atoms with Gasteiger partial charge in [0, 0.05) is 31.5 Å². The second-order valence-electron chi connectivity index (χ2n) is 17.2. The maximum atomic E-state index is 14.2. The predicted octanol–water partition coefficient (Wildman–Crippen LogP) is 4.34. The smallest absolute Gasteiger partial charge is 0.305 e. The van der Waals surface area contributed by atoms with Gasteiger partial charge in [0.05, 0.1) is 18.8 Å². The van der Waals surface area contributed by atoms with E-state index < -0.39 is 78.6 Å². The van der Waals surface area contributed by atoms with Crippen LogP contribution >= 0.6 is 0 Å². The number of carbonyl (C=O) groups is 7. The standard InChI is InChI=1S/C44H76N8O8/c1-3-4-5-6-7-8-9-10-11-12-13-14-15-16-17-18-19-20-23-37(53)47-29-32-27-33-24-25-36-43(59)50-34(22-21-26-46-31(2)45)41(57)48-30-38(54)49-35(28-39(55)56)42(58)51-40(32)44(60)52(33)36/h32-36,40H,3-30H2,1-2H3,(H2,45,46)(H,47,53)(H,48,57)(H,49,54)(H,50,59)(H,51,58)(H,55,56)/t32-,33-,34-,35-,36-,40+/m0/s1. The highest BCUT2D eigenvalue weighted by Crippen LogP contribution is 2.35. The van der Waals surface area contributed by atoms with Crippen LogP contribution in [0.4, 0.5) is 0 Å². The Hall–Kier alpha value is -4.24. The Bertz CT molecular complexity index is 1410. The predicted molar refractivity (Wildman–Crippen MR) is 230 cm³/mol. The second-order valence-corrected chi connectivity index (χ2v) is 17.2. The lowest BCUT2D eigenvalue weighted by molar-refractivity contribution is -0.149. The SMILES string of the molecule is CCCCCCCCCCCCCCCCCCCCC(=O)NC[C@@H]1C[C@@H]2CC[C@H]3C(=O)N[C@@H](CCCNC(C)=N)C(=O)NCC(=O)N[C@@H](CC(=O)O)C(=O)N[C@H]1C(=O)N23. The number of nitrogens with one attached hydrogen (secondary N) is 7. The van der Waals surface area contributed by atoms with Crippen molar-refractivity contribution >= 4 is 47.2 Å². The molecule has 8 N–H and O–H groups in total. The van der Waals surface area contributed by atoms with Gasteiger partial charge in [-0.15, -0.1) is 0 Å². The normalized spacial score (nSPS) is 23.4. The van der Waals surface area contributed by atoms with Gasteiger partial charge in [-0.2, -0.15) is 0 Å². The Morgan fingerprint density at radius 1 is 0.717 bits per heavy atom. The number of fused-ring (bicyclic) bond motifs is 1. The monoisotopic (exact) mass is 845 g/mol. The zero-order valence-corrected chi connectivity index (χ0v) is 36.5. The summed E-state index contributed by atoms with van der Waals surface area (Å²) in [6, 6.07) is -5.08. The number of carboxylic acid groups (broad SMARTS) is 1. The minimum Gasteiger partial charge on any atom is -0.481 e. The van der Waals surface area contributed by atoms with Gasteiger partial charge in [-0.05, 0) is 45.4 Å². The summed E-state index contributed by atoms with van der Waals surface area (Å²) in [6.45, 7) is 3.72. The van der Waals surface area contributed by atoms with E-state index in [9.17, 15) is 38.7 Å². The van der Waals surface area contributed by atoms with Gasteiger partial charge < -0.3 is 41.9 Å². The Morgan fingerprint density at radius 3 is 1.87 bits per heavy atom. The summed E-state index contributed by atoms with van der Waals surface area (Å²) in [6.07, 6.45) is 24.0. The van der Waals surface area contributed by atoms with Crippen LogP contribution < -0.4 is 31.9 Å². The molecule has 6 amide bonds. The van der Waals surface area contributed by atoms with Crippen molar-refractivity contribution in [2.24, 2.45) is 5.92 Å². The van der Waals surface area contributed by atoms with E-state index in [1.165, 1.54) is 94.8 Å². The largest absolute Gasteiger partial charge is 0.481 e. The van der Waals surface area contributed by atoms with E-state index in [0.717, 1.165) is 25.7 Å². The van der Waals surface area contributed by atoms with Crippen LogP contribution in [0.15, 0.2) is 0 Å². The van der Waals surface area contributed by atoms with Crippen molar-refractivity contribution in [3.63, 3.8) is 0 Å². The third-order valence-electron chi connectivity index (χ3n) is 12.1. The van der Waals surface area contributed by atoms with E-state index in [0.29, 0.717) is 38.6 Å². The van der Waals surface area contributed by atoms with Gasteiger partial charge in [0.1, 0.15) is 24.2 Å². The molecule has 3 aliphatic rings. The van der Waals surface area contributed by atoms with Crippen molar-refractivity contribution in [1.82, 2.24) is 36.8 Å². The third-order valence-corrected chi connectivity index (χ3v) is 12.1. The molecule has 16 heteroatoms. The molecule has 2 bridgehead atoms. The zero-order chi connectivity index (χ0) is 43.7. The molecule has 3 aliphatic heterocycles. The molecule has 3 rings (SSSR count). The van der Waals surface area contributed by atoms with E-state index in [1.54, 1.807) is 6.92 Å². The molecule has 340 valence electrons. The first kappa shape index (κ1) is 50.1. The number of amides is 6. The summed E-state index contributed by atoms with van der Waals surface area (Å²) in [5.41, 5.74) is 0. The molecular formula is C44H76N8O8. The number of carboxylic acids is 1. The molecule has 0 saturated carbocycles. The van der Waals surface area contributed by atoms with E-state index in [-0.39, 0.29) is 30.8 Å². The van der Waals surface area contributed by atoms with Crippen LogP contribution in [0.5, 0.6) is 0 Å². The number of piperidine rings is 1. The van der Waals surface area contributed by atoms with Gasteiger partial charge in [0.2, 0.25) is 35.4 Å². The molecule has 6 atom stereocenters. The third kappa shape index (κ3) is 18.6. The summed E-state index contributed by atoms with van der Waals surface area (Å²) in [7, 11) is 0. The first-order valence-electron chi connectivity index (χ1n) is 23.2. The van der Waals surface area contributed by atoms with Gasteiger partial charge in [-0.1, -0.05) is 116 Å². The van der Waals surface area contributed by atoms with Crippen molar-refractivity contribution in [2.45, 2.75) is 205 Å². The Labute approximate surface area is 357 Å². The molecule has 0 spiro atoms. The summed E-state index contributed by atoms with van der Waals surface area (Å²) in [4.78, 5) is 93.8. The van der Waals surface area contributed by atoms with Crippen molar-refractivity contribution in [3.8, 4) is 0 Å². The number of hydrogen-bond acceptors (Lipinski definition) is 8. The summed E-state index contributed by atoms with van der Waals surface area (Å²) in [5, 5.41) is 33.2. The van der Waals surface area contributed by atoms with Crippen LogP contribution in [0.1, 0.15) is 174 Å². The number of rotatable bonds is 27. The fourth-order valence-electron chi connectivity index (χ4n) is 8.75. The van der Waals surface area contributed by atoms with Gasteiger partial charge >= 0.3 is 5.97 Å². The van der Waals surface area contributed by atoms with Crippen molar-refractivity contribution in [3.05, 3.63) is 0 Å². The van der Waals surface area contributed by atoms with Gasteiger partial charge in [0.25, 0.3) is 0 Å². The number of unbranched alkanes of at least 4 members (excludes halogenated alkanes) is 17. The highest BCUT2D eigenvalue weighted by molar-refractivity contribution is 5.98. The molecule has 3 fully saturated rings.